The molecule has 0 aliphatic rings. The number of hydrogen-bond acceptors (Lipinski definition) is 5. The number of anilines is 1. The molecule has 1 aromatic heterocycles. The highest BCUT2D eigenvalue weighted by Gasteiger charge is 2.06. The minimum absolute atomic E-state index is 0.0822. The van der Waals surface area contributed by atoms with E-state index in [4.69, 9.17) is 16.7 Å². The van der Waals surface area contributed by atoms with Gasteiger partial charge in [0.15, 0.2) is 0 Å². The van der Waals surface area contributed by atoms with Crippen LogP contribution in [-0.4, -0.2) is 18.4 Å². The van der Waals surface area contributed by atoms with Gasteiger partial charge in [-0.1, -0.05) is 23.7 Å². The van der Waals surface area contributed by atoms with Gasteiger partial charge in [0.25, 0.3) is 0 Å². The zero-order valence-corrected chi connectivity index (χ0v) is 11.3. The molecule has 0 aliphatic carbocycles. The van der Waals surface area contributed by atoms with Gasteiger partial charge in [-0.2, -0.15) is 0 Å². The molecule has 0 spiro atoms. The van der Waals surface area contributed by atoms with Crippen LogP contribution in [0.4, 0.5) is 5.82 Å². The van der Waals surface area contributed by atoms with Crippen LogP contribution in [0.3, 0.4) is 0 Å². The fourth-order valence-corrected chi connectivity index (χ4v) is 2.08. The molecule has 2 aromatic rings. The molecule has 0 unspecified atom stereocenters. The maximum atomic E-state index is 11.1. The van der Waals surface area contributed by atoms with Crippen molar-refractivity contribution in [1.82, 2.24) is 9.97 Å². The van der Waals surface area contributed by atoms with E-state index in [-0.39, 0.29) is 4.90 Å². The lowest BCUT2D eigenvalue weighted by Gasteiger charge is -2.06. The summed E-state index contributed by atoms with van der Waals surface area (Å²) in [5.41, 5.74) is 0.883. The topological polar surface area (TPSA) is 98.0 Å². The van der Waals surface area contributed by atoms with Crippen molar-refractivity contribution in [2.45, 2.75) is 11.4 Å². The van der Waals surface area contributed by atoms with Crippen molar-refractivity contribution in [1.29, 1.82) is 0 Å². The zero-order valence-electron chi connectivity index (χ0n) is 9.75. The molecule has 0 aliphatic heterocycles. The third-order valence-electron chi connectivity index (χ3n) is 2.33. The van der Waals surface area contributed by atoms with Crippen LogP contribution in [-0.2, 0) is 16.6 Å². The van der Waals surface area contributed by atoms with Crippen molar-refractivity contribution in [2.75, 3.05) is 5.32 Å². The molecule has 0 amide bonds. The molecule has 0 fully saturated rings. The number of hydrogen-bond donors (Lipinski definition) is 2. The van der Waals surface area contributed by atoms with Gasteiger partial charge in [-0.25, -0.2) is 18.5 Å². The number of aromatic nitrogens is 2. The van der Waals surface area contributed by atoms with Gasteiger partial charge in [0.2, 0.25) is 10.0 Å². The van der Waals surface area contributed by atoms with Crippen molar-refractivity contribution in [3.8, 4) is 0 Å². The van der Waals surface area contributed by atoms with Crippen LogP contribution < -0.4 is 10.5 Å². The molecule has 100 valence electrons. The third-order valence-corrected chi connectivity index (χ3v) is 3.44. The van der Waals surface area contributed by atoms with Crippen LogP contribution >= 0.6 is 11.6 Å². The summed E-state index contributed by atoms with van der Waals surface area (Å²) < 4.78 is 22.2. The fraction of sp³-hybridized carbons (Fsp3) is 0.0909. The molecule has 0 saturated carbocycles. The van der Waals surface area contributed by atoms with E-state index in [9.17, 15) is 8.42 Å². The number of rotatable bonds is 4. The largest absolute Gasteiger partial charge is 0.365 e. The first kappa shape index (κ1) is 13.7. The molecular weight excluding hydrogens is 288 g/mol. The summed E-state index contributed by atoms with van der Waals surface area (Å²) in [4.78, 5) is 7.99. The van der Waals surface area contributed by atoms with E-state index in [1.807, 2.05) is 0 Å². The van der Waals surface area contributed by atoms with E-state index < -0.39 is 10.0 Å². The van der Waals surface area contributed by atoms with Crippen LogP contribution in [0.25, 0.3) is 0 Å². The van der Waals surface area contributed by atoms with Crippen LogP contribution in [0.2, 0.25) is 5.15 Å². The van der Waals surface area contributed by atoms with Gasteiger partial charge in [0, 0.05) is 6.54 Å². The highest BCUT2D eigenvalue weighted by molar-refractivity contribution is 7.89. The first-order valence-electron chi connectivity index (χ1n) is 5.28. The first-order valence-corrected chi connectivity index (χ1v) is 7.21. The van der Waals surface area contributed by atoms with Crippen molar-refractivity contribution in [3.05, 3.63) is 47.4 Å². The summed E-state index contributed by atoms with van der Waals surface area (Å²) in [6.07, 6.45) is 2.98. The summed E-state index contributed by atoms with van der Waals surface area (Å²) >= 11 is 5.70. The van der Waals surface area contributed by atoms with Gasteiger partial charge in [-0.05, 0) is 17.7 Å². The molecule has 0 saturated heterocycles. The average Bonchev–Trinajstić information content (AvgIpc) is 2.36. The average molecular weight is 299 g/mol. The Labute approximate surface area is 115 Å². The molecule has 19 heavy (non-hydrogen) atoms. The molecule has 1 aromatic carbocycles. The minimum Gasteiger partial charge on any atom is -0.365 e. The third kappa shape index (κ3) is 3.88. The molecule has 6 nitrogen and oxygen atoms in total. The van der Waals surface area contributed by atoms with Gasteiger partial charge >= 0.3 is 0 Å². The zero-order chi connectivity index (χ0) is 13.9. The molecule has 1 heterocycles. The normalized spacial score (nSPS) is 11.3. The minimum atomic E-state index is -3.65. The van der Waals surface area contributed by atoms with E-state index in [0.717, 1.165) is 5.56 Å². The number of primary sulfonamides is 1. The van der Waals surface area contributed by atoms with Crippen molar-refractivity contribution < 1.29 is 8.42 Å². The van der Waals surface area contributed by atoms with Gasteiger partial charge in [-0.3, -0.25) is 4.98 Å². The second-order valence-electron chi connectivity index (χ2n) is 3.77. The first-order chi connectivity index (χ1) is 8.95. The van der Waals surface area contributed by atoms with Crippen LogP contribution in [0.15, 0.2) is 41.6 Å². The predicted molar refractivity (Wildman–Crippen MR) is 72.2 cm³/mol. The molecule has 0 radical (unpaired) electrons. The molecule has 8 heteroatoms. The Hall–Kier alpha value is -1.70. The summed E-state index contributed by atoms with van der Waals surface area (Å²) in [7, 11) is -3.65. The number of nitrogens with zero attached hydrogens (tertiary/aromatic N) is 2. The molecule has 0 atom stereocenters. The Kier molecular flexibility index (Phi) is 3.98. The Bertz CT molecular complexity index is 673. The van der Waals surface area contributed by atoms with E-state index in [1.165, 1.54) is 18.3 Å². The van der Waals surface area contributed by atoms with Gasteiger partial charge in [0.1, 0.15) is 11.0 Å². The highest BCUT2D eigenvalue weighted by Crippen LogP contribution is 2.11. The molecule has 2 rings (SSSR count). The Morgan fingerprint density at radius 3 is 2.47 bits per heavy atom. The fourth-order valence-electron chi connectivity index (χ4n) is 1.42. The molecular formula is C11H11ClN4O2S. The van der Waals surface area contributed by atoms with Crippen molar-refractivity contribution >= 4 is 27.4 Å². The maximum absolute atomic E-state index is 11.1. The van der Waals surface area contributed by atoms with E-state index >= 15 is 0 Å². The quantitative estimate of drug-likeness (QED) is 0.889. The van der Waals surface area contributed by atoms with Crippen LogP contribution in [0.1, 0.15) is 5.56 Å². The number of nitrogens with two attached hydrogens (primary N) is 1. The lowest BCUT2D eigenvalue weighted by Crippen LogP contribution is -2.12. The number of nitrogens with one attached hydrogen (secondary N) is 1. The SMILES string of the molecule is NS(=O)(=O)c1ccc(CNc2cncc(Cl)n2)cc1. The summed E-state index contributed by atoms with van der Waals surface area (Å²) in [6.45, 7) is 0.472. The van der Waals surface area contributed by atoms with Crippen molar-refractivity contribution in [2.24, 2.45) is 5.14 Å². The van der Waals surface area contributed by atoms with Gasteiger partial charge in [-0.15, -0.1) is 0 Å². The summed E-state index contributed by atoms with van der Waals surface area (Å²) in [6, 6.07) is 6.25. The Morgan fingerprint density at radius 2 is 1.89 bits per heavy atom. The number of benzene rings is 1. The van der Waals surface area contributed by atoms with Crippen molar-refractivity contribution in [3.63, 3.8) is 0 Å². The molecule has 3 N–H and O–H groups in total. The second-order valence-corrected chi connectivity index (χ2v) is 5.72. The Balaban J connectivity index is 2.05. The highest BCUT2D eigenvalue weighted by atomic mass is 35.5. The lowest BCUT2D eigenvalue weighted by atomic mass is 10.2. The van der Waals surface area contributed by atoms with E-state index in [1.54, 1.807) is 18.3 Å². The summed E-state index contributed by atoms with van der Waals surface area (Å²) in [5.74, 6) is 0.544. The van der Waals surface area contributed by atoms with Crippen LogP contribution in [0.5, 0.6) is 0 Å². The van der Waals surface area contributed by atoms with Gasteiger partial charge in [0.05, 0.1) is 17.3 Å². The maximum Gasteiger partial charge on any atom is 0.238 e. The number of sulfonamides is 1. The second kappa shape index (κ2) is 5.52. The van der Waals surface area contributed by atoms with E-state index in [0.29, 0.717) is 17.5 Å². The monoisotopic (exact) mass is 298 g/mol. The van der Waals surface area contributed by atoms with Crippen LogP contribution in [0, 0.1) is 0 Å². The number of halogens is 1. The molecule has 0 bridgehead atoms. The Morgan fingerprint density at radius 1 is 1.21 bits per heavy atom. The lowest BCUT2D eigenvalue weighted by molar-refractivity contribution is 0.598. The van der Waals surface area contributed by atoms with Gasteiger partial charge < -0.3 is 5.32 Å². The summed E-state index contributed by atoms with van der Waals surface area (Å²) in [5, 5.41) is 8.33. The smallest absolute Gasteiger partial charge is 0.238 e. The predicted octanol–water partition coefficient (Wildman–Crippen LogP) is 1.39. The standard InChI is InChI=1S/C11H11ClN4O2S/c12-10-6-14-7-11(16-10)15-5-8-1-3-9(4-2-8)19(13,17)18/h1-4,6-7H,5H2,(H,15,16)(H2,13,17,18). The van der Waals surface area contributed by atoms with E-state index in [2.05, 4.69) is 15.3 Å².